The van der Waals surface area contributed by atoms with Crippen LogP contribution in [0.1, 0.15) is 25.5 Å². The Hall–Kier alpha value is -1.89. The van der Waals surface area contributed by atoms with Crippen molar-refractivity contribution >= 4 is 27.9 Å². The van der Waals surface area contributed by atoms with Crippen LogP contribution in [0.4, 0.5) is 5.82 Å². The lowest BCUT2D eigenvalue weighted by atomic mass is 10.3. The Bertz CT molecular complexity index is 567. The monoisotopic (exact) mass is 284 g/mol. The van der Waals surface area contributed by atoms with Crippen LogP contribution >= 0.6 is 0 Å². The minimum Gasteiger partial charge on any atom is -0.478 e. The second kappa shape index (κ2) is 6.89. The Kier molecular flexibility index (Phi) is 5.50. The number of sulfonamides is 1. The maximum Gasteiger partial charge on any atom is 0.328 e. The average molecular weight is 284 g/mol. The molecule has 0 aromatic carbocycles. The third-order valence-electron chi connectivity index (χ3n) is 2.19. The van der Waals surface area contributed by atoms with Gasteiger partial charge >= 0.3 is 5.97 Å². The first-order valence-corrected chi connectivity index (χ1v) is 7.47. The molecule has 1 aromatic heterocycles. The summed E-state index contributed by atoms with van der Waals surface area (Å²) < 4.78 is 25.7. The second-order valence-electron chi connectivity index (χ2n) is 3.89. The molecular formula is C12H16N2O4S. The highest BCUT2D eigenvalue weighted by atomic mass is 32.2. The Morgan fingerprint density at radius 3 is 2.84 bits per heavy atom. The molecule has 0 amide bonds. The smallest absolute Gasteiger partial charge is 0.328 e. The molecule has 104 valence electrons. The Balaban J connectivity index is 2.80. The van der Waals surface area contributed by atoms with Gasteiger partial charge in [0.1, 0.15) is 5.82 Å². The number of rotatable bonds is 7. The van der Waals surface area contributed by atoms with E-state index >= 15 is 0 Å². The van der Waals surface area contributed by atoms with Gasteiger partial charge in [-0.3, -0.25) is 4.72 Å². The number of hydrogen-bond donors (Lipinski definition) is 2. The summed E-state index contributed by atoms with van der Waals surface area (Å²) in [6.45, 7) is 1.91. The van der Waals surface area contributed by atoms with Gasteiger partial charge in [0.25, 0.3) is 0 Å². The maximum atomic E-state index is 11.7. The fourth-order valence-corrected chi connectivity index (χ4v) is 2.51. The normalized spacial score (nSPS) is 11.6. The van der Waals surface area contributed by atoms with E-state index in [2.05, 4.69) is 9.71 Å². The molecule has 7 heteroatoms. The molecule has 0 aliphatic carbocycles. The highest BCUT2D eigenvalue weighted by Gasteiger charge is 2.10. The van der Waals surface area contributed by atoms with Crippen molar-refractivity contribution in [1.82, 2.24) is 4.98 Å². The van der Waals surface area contributed by atoms with Crippen molar-refractivity contribution in [3.8, 4) is 0 Å². The van der Waals surface area contributed by atoms with Crippen LogP contribution < -0.4 is 4.72 Å². The number of carbonyl (C=O) groups is 1. The van der Waals surface area contributed by atoms with Gasteiger partial charge in [0.2, 0.25) is 10.0 Å². The third-order valence-corrected chi connectivity index (χ3v) is 3.54. The summed E-state index contributed by atoms with van der Waals surface area (Å²) in [5.41, 5.74) is 0.373. The van der Waals surface area contributed by atoms with E-state index in [1.165, 1.54) is 12.1 Å². The average Bonchev–Trinajstić information content (AvgIpc) is 2.34. The molecule has 0 aliphatic heterocycles. The van der Waals surface area contributed by atoms with Crippen LogP contribution in [-0.4, -0.2) is 30.2 Å². The van der Waals surface area contributed by atoms with Crippen molar-refractivity contribution in [2.75, 3.05) is 10.5 Å². The molecule has 0 aliphatic rings. The predicted octanol–water partition coefficient (Wildman–Crippen LogP) is 1.72. The Labute approximate surface area is 112 Å². The molecule has 6 nitrogen and oxygen atoms in total. The summed E-state index contributed by atoms with van der Waals surface area (Å²) in [5, 5.41) is 8.50. The summed E-state index contributed by atoms with van der Waals surface area (Å²) in [7, 11) is -3.40. The van der Waals surface area contributed by atoms with Crippen LogP contribution in [0, 0.1) is 0 Å². The lowest BCUT2D eigenvalue weighted by Crippen LogP contribution is -2.17. The molecular weight excluding hydrogens is 268 g/mol. The molecule has 0 fully saturated rings. The van der Waals surface area contributed by atoms with E-state index in [1.807, 2.05) is 6.92 Å². The van der Waals surface area contributed by atoms with Gasteiger partial charge in [-0.2, -0.15) is 0 Å². The summed E-state index contributed by atoms with van der Waals surface area (Å²) in [4.78, 5) is 14.4. The number of nitrogens with one attached hydrogen (secondary N) is 1. The van der Waals surface area contributed by atoms with Crippen molar-refractivity contribution in [1.29, 1.82) is 0 Å². The van der Waals surface area contributed by atoms with Gasteiger partial charge in [-0.15, -0.1) is 0 Å². The van der Waals surface area contributed by atoms with Crippen LogP contribution in [0.3, 0.4) is 0 Å². The molecule has 0 unspecified atom stereocenters. The minimum absolute atomic E-state index is 0.0420. The molecule has 2 N–H and O–H groups in total. The quantitative estimate of drug-likeness (QED) is 0.743. The summed E-state index contributed by atoms with van der Waals surface area (Å²) in [5.74, 6) is -0.861. The van der Waals surface area contributed by atoms with Crippen LogP contribution in [0.25, 0.3) is 6.08 Å². The van der Waals surface area contributed by atoms with E-state index in [0.717, 1.165) is 12.5 Å². The zero-order valence-electron chi connectivity index (χ0n) is 10.5. The van der Waals surface area contributed by atoms with Gasteiger partial charge in [0.15, 0.2) is 0 Å². The second-order valence-corrected chi connectivity index (χ2v) is 5.74. The zero-order valence-corrected chi connectivity index (χ0v) is 11.4. The molecule has 0 radical (unpaired) electrons. The number of nitrogens with zero attached hydrogens (tertiary/aromatic N) is 1. The van der Waals surface area contributed by atoms with Gasteiger partial charge in [-0.1, -0.05) is 19.4 Å². The molecule has 0 bridgehead atoms. The molecule has 0 spiro atoms. The van der Waals surface area contributed by atoms with E-state index in [-0.39, 0.29) is 11.6 Å². The van der Waals surface area contributed by atoms with E-state index < -0.39 is 16.0 Å². The van der Waals surface area contributed by atoms with Gasteiger partial charge in [0, 0.05) is 6.08 Å². The number of aliphatic carboxylic acids is 1. The first kappa shape index (κ1) is 15.2. The number of carboxylic acid groups (broad SMARTS) is 1. The number of hydrogen-bond acceptors (Lipinski definition) is 4. The largest absolute Gasteiger partial charge is 0.478 e. The molecule has 0 saturated heterocycles. The molecule has 19 heavy (non-hydrogen) atoms. The summed E-state index contributed by atoms with van der Waals surface area (Å²) in [6.07, 6.45) is 3.60. The molecule has 1 heterocycles. The lowest BCUT2D eigenvalue weighted by Gasteiger charge is -2.06. The summed E-state index contributed by atoms with van der Waals surface area (Å²) >= 11 is 0. The number of pyridine rings is 1. The number of aromatic nitrogens is 1. The van der Waals surface area contributed by atoms with Crippen LogP contribution in [0.5, 0.6) is 0 Å². The van der Waals surface area contributed by atoms with Crippen molar-refractivity contribution in [3.05, 3.63) is 30.0 Å². The van der Waals surface area contributed by atoms with Gasteiger partial charge in [-0.05, 0) is 24.6 Å². The van der Waals surface area contributed by atoms with E-state index in [9.17, 15) is 13.2 Å². The molecule has 0 saturated carbocycles. The van der Waals surface area contributed by atoms with Crippen molar-refractivity contribution in [2.45, 2.75) is 19.8 Å². The molecule has 0 atom stereocenters. The van der Waals surface area contributed by atoms with Crippen molar-refractivity contribution in [2.24, 2.45) is 0 Å². The maximum absolute atomic E-state index is 11.7. The number of carboxylic acids is 1. The van der Waals surface area contributed by atoms with Crippen molar-refractivity contribution < 1.29 is 18.3 Å². The highest BCUT2D eigenvalue weighted by Crippen LogP contribution is 2.09. The van der Waals surface area contributed by atoms with E-state index in [1.54, 1.807) is 12.1 Å². The van der Waals surface area contributed by atoms with Crippen LogP contribution in [0.2, 0.25) is 0 Å². The predicted molar refractivity (Wildman–Crippen MR) is 73.2 cm³/mol. The third kappa shape index (κ3) is 6.01. The SMILES string of the molecule is CCCCS(=O)(=O)Nc1cccc(C=CC(=O)O)n1. The van der Waals surface area contributed by atoms with Gasteiger partial charge in [0.05, 0.1) is 11.4 Å². The molecule has 1 aromatic rings. The zero-order chi connectivity index (χ0) is 14.3. The first-order chi connectivity index (χ1) is 8.93. The highest BCUT2D eigenvalue weighted by molar-refractivity contribution is 7.92. The van der Waals surface area contributed by atoms with E-state index in [4.69, 9.17) is 5.11 Å². The fourth-order valence-electron chi connectivity index (χ4n) is 1.30. The Morgan fingerprint density at radius 1 is 1.47 bits per heavy atom. The van der Waals surface area contributed by atoms with Gasteiger partial charge < -0.3 is 5.11 Å². The summed E-state index contributed by atoms with van der Waals surface area (Å²) in [6, 6.07) is 4.71. The Morgan fingerprint density at radius 2 is 2.21 bits per heavy atom. The fraction of sp³-hybridized carbons (Fsp3) is 0.333. The topological polar surface area (TPSA) is 96.4 Å². The van der Waals surface area contributed by atoms with Crippen LogP contribution in [0.15, 0.2) is 24.3 Å². The number of unbranched alkanes of at least 4 members (excludes halogenated alkanes) is 1. The van der Waals surface area contributed by atoms with Crippen LogP contribution in [-0.2, 0) is 14.8 Å². The minimum atomic E-state index is -3.40. The molecule has 1 rings (SSSR count). The first-order valence-electron chi connectivity index (χ1n) is 5.81. The number of anilines is 1. The van der Waals surface area contributed by atoms with E-state index in [0.29, 0.717) is 12.1 Å². The van der Waals surface area contributed by atoms with Gasteiger partial charge in [-0.25, -0.2) is 18.2 Å². The van der Waals surface area contributed by atoms with Crippen molar-refractivity contribution in [3.63, 3.8) is 0 Å². The lowest BCUT2D eigenvalue weighted by molar-refractivity contribution is -0.131. The standard InChI is InChI=1S/C12H16N2O4S/c1-2-3-9-19(17,18)14-11-6-4-5-10(13-11)7-8-12(15)16/h4-8H,2-3,9H2,1H3,(H,13,14)(H,15,16).